The number of fused-ring (bicyclic) bond motifs is 1. The van der Waals surface area contributed by atoms with Crippen molar-refractivity contribution in [1.82, 2.24) is 10.3 Å². The first-order valence-electron chi connectivity index (χ1n) is 6.61. The fourth-order valence-corrected chi connectivity index (χ4v) is 3.59. The molecule has 1 aromatic carbocycles. The summed E-state index contributed by atoms with van der Waals surface area (Å²) >= 11 is 1.82. The molecule has 0 aliphatic carbocycles. The highest BCUT2D eigenvalue weighted by atomic mass is 32.1. The Morgan fingerprint density at radius 2 is 2.22 bits per heavy atom. The Morgan fingerprint density at radius 3 is 3.00 bits per heavy atom. The van der Waals surface area contributed by atoms with Crippen LogP contribution in [-0.4, -0.2) is 24.7 Å². The van der Waals surface area contributed by atoms with E-state index in [0.717, 1.165) is 24.4 Å². The number of ether oxygens (including phenoxy) is 1. The largest absolute Gasteiger partial charge is 0.494 e. The number of nitrogens with one attached hydrogen (secondary N) is 1. The minimum Gasteiger partial charge on any atom is -0.494 e. The number of hydrogen-bond donors (Lipinski definition) is 1. The van der Waals surface area contributed by atoms with Crippen LogP contribution in [0.25, 0.3) is 10.2 Å². The molecule has 1 aliphatic rings. The third-order valence-electron chi connectivity index (χ3n) is 3.38. The normalized spacial score (nSPS) is 17.2. The molecule has 2 heterocycles. The smallest absolute Gasteiger partial charge is 0.120 e. The predicted molar refractivity (Wildman–Crippen MR) is 75.6 cm³/mol. The number of piperidine rings is 1. The van der Waals surface area contributed by atoms with E-state index in [1.54, 1.807) is 0 Å². The van der Waals surface area contributed by atoms with E-state index in [1.807, 2.05) is 24.3 Å². The standard InChI is InChI=1S/C14H18N2OS/c1-2-17-11-3-4-12-13(9-11)18-14(16-12)10-5-7-15-8-6-10/h3-4,9-10,15H,2,5-8H2,1H3. The van der Waals surface area contributed by atoms with Gasteiger partial charge in [-0.2, -0.15) is 0 Å². The average Bonchev–Trinajstić information content (AvgIpc) is 2.83. The molecular weight excluding hydrogens is 244 g/mol. The van der Waals surface area contributed by atoms with Crippen molar-refractivity contribution in [3.63, 3.8) is 0 Å². The van der Waals surface area contributed by atoms with Crippen LogP contribution in [0.1, 0.15) is 30.7 Å². The first kappa shape index (κ1) is 11.9. The lowest BCUT2D eigenvalue weighted by molar-refractivity contribution is 0.341. The summed E-state index contributed by atoms with van der Waals surface area (Å²) in [7, 11) is 0. The summed E-state index contributed by atoms with van der Waals surface area (Å²) in [6.45, 7) is 4.96. The third kappa shape index (κ3) is 2.35. The van der Waals surface area contributed by atoms with Gasteiger partial charge in [-0.25, -0.2) is 4.98 Å². The van der Waals surface area contributed by atoms with Gasteiger partial charge in [0.2, 0.25) is 0 Å². The van der Waals surface area contributed by atoms with Crippen LogP contribution in [0, 0.1) is 0 Å². The quantitative estimate of drug-likeness (QED) is 0.922. The van der Waals surface area contributed by atoms with E-state index in [-0.39, 0.29) is 0 Å². The number of nitrogens with zero attached hydrogens (tertiary/aromatic N) is 1. The second kappa shape index (κ2) is 5.24. The highest BCUT2D eigenvalue weighted by Crippen LogP contribution is 2.33. The lowest BCUT2D eigenvalue weighted by Crippen LogP contribution is -2.26. The van der Waals surface area contributed by atoms with E-state index >= 15 is 0 Å². The fourth-order valence-electron chi connectivity index (χ4n) is 2.42. The summed E-state index contributed by atoms with van der Waals surface area (Å²) in [5.74, 6) is 1.59. The van der Waals surface area contributed by atoms with Crippen molar-refractivity contribution in [2.75, 3.05) is 19.7 Å². The van der Waals surface area contributed by atoms with Crippen LogP contribution in [0.15, 0.2) is 18.2 Å². The summed E-state index contributed by atoms with van der Waals surface area (Å²) in [4.78, 5) is 4.77. The maximum absolute atomic E-state index is 5.54. The molecule has 1 aliphatic heterocycles. The Labute approximate surface area is 111 Å². The predicted octanol–water partition coefficient (Wildman–Crippen LogP) is 3.16. The Bertz CT molecular complexity index is 532. The van der Waals surface area contributed by atoms with Crippen molar-refractivity contribution in [3.05, 3.63) is 23.2 Å². The third-order valence-corrected chi connectivity index (χ3v) is 4.56. The van der Waals surface area contributed by atoms with E-state index in [4.69, 9.17) is 9.72 Å². The van der Waals surface area contributed by atoms with Crippen LogP contribution in [0.5, 0.6) is 5.75 Å². The van der Waals surface area contributed by atoms with Gasteiger partial charge >= 0.3 is 0 Å². The maximum atomic E-state index is 5.54. The minimum atomic E-state index is 0.638. The van der Waals surface area contributed by atoms with E-state index in [0.29, 0.717) is 12.5 Å². The molecule has 96 valence electrons. The van der Waals surface area contributed by atoms with Crippen molar-refractivity contribution >= 4 is 21.6 Å². The van der Waals surface area contributed by atoms with Crippen LogP contribution in [-0.2, 0) is 0 Å². The van der Waals surface area contributed by atoms with Crippen LogP contribution in [0.2, 0.25) is 0 Å². The summed E-state index contributed by atoms with van der Waals surface area (Å²) < 4.78 is 6.78. The first-order valence-corrected chi connectivity index (χ1v) is 7.42. The molecule has 3 nitrogen and oxygen atoms in total. The van der Waals surface area contributed by atoms with Crippen molar-refractivity contribution < 1.29 is 4.74 Å². The molecule has 0 bridgehead atoms. The molecule has 0 radical (unpaired) electrons. The Kier molecular flexibility index (Phi) is 3.48. The zero-order chi connectivity index (χ0) is 12.4. The molecule has 0 unspecified atom stereocenters. The number of benzene rings is 1. The highest BCUT2D eigenvalue weighted by molar-refractivity contribution is 7.18. The lowest BCUT2D eigenvalue weighted by Gasteiger charge is -2.20. The van der Waals surface area contributed by atoms with Crippen LogP contribution in [0.4, 0.5) is 0 Å². The second-order valence-corrected chi connectivity index (χ2v) is 5.70. The summed E-state index contributed by atoms with van der Waals surface area (Å²) in [5.41, 5.74) is 1.11. The van der Waals surface area contributed by atoms with Gasteiger partial charge < -0.3 is 10.1 Å². The van der Waals surface area contributed by atoms with Gasteiger partial charge in [0.15, 0.2) is 0 Å². The molecule has 1 saturated heterocycles. The van der Waals surface area contributed by atoms with Gasteiger partial charge in [0.05, 0.1) is 21.8 Å². The molecule has 0 spiro atoms. The monoisotopic (exact) mass is 262 g/mol. The topological polar surface area (TPSA) is 34.1 Å². The molecule has 1 N–H and O–H groups in total. The Morgan fingerprint density at radius 1 is 1.39 bits per heavy atom. The zero-order valence-corrected chi connectivity index (χ0v) is 11.4. The molecule has 1 aromatic heterocycles. The van der Waals surface area contributed by atoms with E-state index < -0.39 is 0 Å². The van der Waals surface area contributed by atoms with Gasteiger partial charge in [-0.15, -0.1) is 11.3 Å². The molecule has 18 heavy (non-hydrogen) atoms. The van der Waals surface area contributed by atoms with E-state index in [9.17, 15) is 0 Å². The van der Waals surface area contributed by atoms with Gasteiger partial charge in [0, 0.05) is 5.92 Å². The Balaban J connectivity index is 1.89. The van der Waals surface area contributed by atoms with Crippen molar-refractivity contribution in [3.8, 4) is 5.75 Å². The van der Waals surface area contributed by atoms with Crippen LogP contribution in [0.3, 0.4) is 0 Å². The number of aromatic nitrogens is 1. The van der Waals surface area contributed by atoms with E-state index in [2.05, 4.69) is 17.4 Å². The molecule has 0 amide bonds. The molecule has 4 heteroatoms. The van der Waals surface area contributed by atoms with Crippen LogP contribution >= 0.6 is 11.3 Å². The Hall–Kier alpha value is -1.13. The second-order valence-electron chi connectivity index (χ2n) is 4.64. The molecule has 1 fully saturated rings. The molecule has 0 saturated carbocycles. The highest BCUT2D eigenvalue weighted by Gasteiger charge is 2.19. The van der Waals surface area contributed by atoms with E-state index in [1.165, 1.54) is 22.5 Å². The first-order chi connectivity index (χ1) is 8.86. The van der Waals surface area contributed by atoms with Gasteiger partial charge in [-0.05, 0) is 51.1 Å². The summed E-state index contributed by atoms with van der Waals surface area (Å²) in [6.07, 6.45) is 2.41. The summed E-state index contributed by atoms with van der Waals surface area (Å²) in [6, 6.07) is 6.19. The maximum Gasteiger partial charge on any atom is 0.120 e. The van der Waals surface area contributed by atoms with Gasteiger partial charge in [-0.1, -0.05) is 0 Å². The van der Waals surface area contributed by atoms with Crippen molar-refractivity contribution in [2.45, 2.75) is 25.7 Å². The number of rotatable bonds is 3. The molecule has 2 aromatic rings. The average molecular weight is 262 g/mol. The van der Waals surface area contributed by atoms with Crippen molar-refractivity contribution in [2.24, 2.45) is 0 Å². The number of thiazole rings is 1. The zero-order valence-electron chi connectivity index (χ0n) is 10.6. The number of hydrogen-bond acceptors (Lipinski definition) is 4. The molecular formula is C14H18N2OS. The van der Waals surface area contributed by atoms with Gasteiger partial charge in [0.1, 0.15) is 5.75 Å². The minimum absolute atomic E-state index is 0.638. The SMILES string of the molecule is CCOc1ccc2nc(C3CCNCC3)sc2c1. The lowest BCUT2D eigenvalue weighted by atomic mass is 9.99. The van der Waals surface area contributed by atoms with Gasteiger partial charge in [-0.3, -0.25) is 0 Å². The molecule has 3 rings (SSSR count). The fraction of sp³-hybridized carbons (Fsp3) is 0.500. The molecule has 0 atom stereocenters. The van der Waals surface area contributed by atoms with Crippen LogP contribution < -0.4 is 10.1 Å². The van der Waals surface area contributed by atoms with Crippen molar-refractivity contribution in [1.29, 1.82) is 0 Å². The summed E-state index contributed by atoms with van der Waals surface area (Å²) in [5, 5.41) is 4.69. The van der Waals surface area contributed by atoms with Gasteiger partial charge in [0.25, 0.3) is 0 Å².